The van der Waals surface area contributed by atoms with Crippen LogP contribution in [0.15, 0.2) is 60.7 Å². The van der Waals surface area contributed by atoms with Crippen molar-refractivity contribution in [2.75, 3.05) is 39.5 Å². The zero-order valence-corrected chi connectivity index (χ0v) is 20.9. The van der Waals surface area contributed by atoms with E-state index in [0.717, 1.165) is 44.9 Å². The predicted molar refractivity (Wildman–Crippen MR) is 129 cm³/mol. The van der Waals surface area contributed by atoms with Crippen LogP contribution in [0.4, 0.5) is 5.82 Å². The maximum absolute atomic E-state index is 5.98. The lowest BCUT2D eigenvalue weighted by Gasteiger charge is -2.24. The lowest BCUT2D eigenvalue weighted by Crippen LogP contribution is -3.00. The van der Waals surface area contributed by atoms with Crippen LogP contribution in [-0.2, 0) is 0 Å². The summed E-state index contributed by atoms with van der Waals surface area (Å²) in [6, 6.07) is 20.4. The Hall–Kier alpha value is -2.22. The Bertz CT molecular complexity index is 1210. The van der Waals surface area contributed by atoms with Gasteiger partial charge in [0.15, 0.2) is 5.82 Å². The summed E-state index contributed by atoms with van der Waals surface area (Å²) < 4.78 is 0.891. The van der Waals surface area contributed by atoms with E-state index in [-0.39, 0.29) is 24.0 Å². The number of aromatic nitrogens is 2. The molecule has 31 heavy (non-hydrogen) atoms. The number of nitrogens with zero attached hydrogens (tertiary/aromatic N) is 3. The summed E-state index contributed by atoms with van der Waals surface area (Å²) in [6.45, 7) is 1.83. The van der Waals surface area contributed by atoms with E-state index in [9.17, 15) is 0 Å². The van der Waals surface area contributed by atoms with E-state index in [1.165, 1.54) is 10.8 Å². The number of benzene rings is 3. The third-order valence-corrected chi connectivity index (χ3v) is 5.20. The average Bonchev–Trinajstić information content (AvgIpc) is 2.71. The van der Waals surface area contributed by atoms with E-state index < -0.39 is 0 Å². The molecule has 4 rings (SSSR count). The molecule has 1 N–H and O–H groups in total. The Morgan fingerprint density at radius 3 is 2.26 bits per heavy atom. The fourth-order valence-electron chi connectivity index (χ4n) is 3.30. The maximum atomic E-state index is 5.98. The van der Waals surface area contributed by atoms with E-state index in [0.29, 0.717) is 5.82 Å². The van der Waals surface area contributed by atoms with Crippen LogP contribution >= 0.6 is 11.6 Å². The van der Waals surface area contributed by atoms with Gasteiger partial charge in [-0.15, -0.1) is 0 Å². The summed E-state index contributed by atoms with van der Waals surface area (Å²) in [5, 5.41) is 7.67. The normalized spacial score (nSPS) is 11.7. The second-order valence-electron chi connectivity index (χ2n) is 8.47. The second-order valence-corrected chi connectivity index (χ2v) is 8.91. The molecular formula is C25H26ClIN4. The van der Waals surface area contributed by atoms with Crippen LogP contribution in [0.3, 0.4) is 0 Å². The zero-order chi connectivity index (χ0) is 21.1. The molecule has 160 valence electrons. The van der Waals surface area contributed by atoms with Crippen molar-refractivity contribution in [2.45, 2.75) is 0 Å². The quantitative estimate of drug-likeness (QED) is 0.231. The molecular weight excluding hydrogens is 519 g/mol. The maximum Gasteiger partial charge on any atom is 0.154 e. The van der Waals surface area contributed by atoms with Crippen LogP contribution in [0.25, 0.3) is 33.8 Å². The Labute approximate surface area is 205 Å². The molecule has 0 aliphatic rings. The molecule has 0 unspecified atom stereocenters. The molecule has 0 fully saturated rings. The second kappa shape index (κ2) is 9.94. The summed E-state index contributed by atoms with van der Waals surface area (Å²) in [5.74, 6) is 1.55. The Morgan fingerprint density at radius 2 is 1.58 bits per heavy atom. The molecule has 0 spiro atoms. The highest BCUT2D eigenvalue weighted by atomic mass is 127. The Morgan fingerprint density at radius 1 is 0.903 bits per heavy atom. The summed E-state index contributed by atoms with van der Waals surface area (Å²) >= 11 is 5.98. The lowest BCUT2D eigenvalue weighted by molar-refractivity contribution is -0.868. The molecule has 0 aliphatic carbocycles. The first-order chi connectivity index (χ1) is 14.4. The number of quaternary nitrogens is 1. The third-order valence-electron chi connectivity index (χ3n) is 4.95. The minimum Gasteiger partial charge on any atom is -1.00 e. The van der Waals surface area contributed by atoms with Crippen LogP contribution < -0.4 is 29.3 Å². The number of fused-ring (bicyclic) bond motifs is 2. The number of likely N-dealkylation sites (N-methyl/N-ethyl adjacent to an activating group) is 1. The smallest absolute Gasteiger partial charge is 0.154 e. The molecule has 1 aromatic heterocycles. The number of hydrogen-bond donors (Lipinski definition) is 1. The van der Waals surface area contributed by atoms with Gasteiger partial charge >= 0.3 is 0 Å². The molecule has 0 atom stereocenters. The minimum absolute atomic E-state index is 0. The lowest BCUT2D eigenvalue weighted by atomic mass is 10.1. The molecule has 1 heterocycles. The highest BCUT2D eigenvalue weighted by molar-refractivity contribution is 6.30. The molecule has 4 aromatic rings. The molecule has 0 aliphatic heterocycles. The van der Waals surface area contributed by atoms with Crippen molar-refractivity contribution in [3.63, 3.8) is 0 Å². The van der Waals surface area contributed by atoms with Gasteiger partial charge in [0, 0.05) is 10.4 Å². The zero-order valence-electron chi connectivity index (χ0n) is 17.9. The van der Waals surface area contributed by atoms with Gasteiger partial charge in [-0.1, -0.05) is 54.1 Å². The molecule has 0 radical (unpaired) electrons. The van der Waals surface area contributed by atoms with Gasteiger partial charge in [0.1, 0.15) is 5.82 Å². The molecule has 0 saturated heterocycles. The van der Waals surface area contributed by atoms with Crippen molar-refractivity contribution in [2.24, 2.45) is 0 Å². The highest BCUT2D eigenvalue weighted by Crippen LogP contribution is 2.27. The first-order valence-electron chi connectivity index (χ1n) is 10.1. The summed E-state index contributed by atoms with van der Waals surface area (Å²) in [6.07, 6.45) is 3.96. The van der Waals surface area contributed by atoms with E-state index in [1.807, 2.05) is 36.4 Å². The molecule has 0 amide bonds. The Balaban J connectivity index is 0.00000272. The Kier molecular flexibility index (Phi) is 7.51. The summed E-state index contributed by atoms with van der Waals surface area (Å²) in [4.78, 5) is 9.63. The number of anilines is 1. The summed E-state index contributed by atoms with van der Waals surface area (Å²) in [5.41, 5.74) is 1.99. The van der Waals surface area contributed by atoms with Crippen molar-refractivity contribution in [3.8, 4) is 0 Å². The third kappa shape index (κ3) is 6.15. The molecule has 0 saturated carbocycles. The van der Waals surface area contributed by atoms with Crippen LogP contribution in [0.1, 0.15) is 11.4 Å². The average molecular weight is 545 g/mol. The van der Waals surface area contributed by atoms with E-state index in [4.69, 9.17) is 21.6 Å². The fraction of sp³-hybridized carbons (Fsp3) is 0.200. The van der Waals surface area contributed by atoms with Crippen molar-refractivity contribution in [1.82, 2.24) is 9.97 Å². The van der Waals surface area contributed by atoms with Gasteiger partial charge in [0.05, 0.1) is 39.7 Å². The van der Waals surface area contributed by atoms with Crippen molar-refractivity contribution >= 4 is 51.2 Å². The van der Waals surface area contributed by atoms with Crippen molar-refractivity contribution in [1.29, 1.82) is 0 Å². The monoisotopic (exact) mass is 544 g/mol. The topological polar surface area (TPSA) is 37.8 Å². The van der Waals surface area contributed by atoms with Gasteiger partial charge in [-0.2, -0.15) is 0 Å². The van der Waals surface area contributed by atoms with Crippen LogP contribution in [-0.4, -0.2) is 48.7 Å². The van der Waals surface area contributed by atoms with Crippen LogP contribution in [0, 0.1) is 0 Å². The minimum atomic E-state index is 0. The molecule has 6 heteroatoms. The van der Waals surface area contributed by atoms with Crippen LogP contribution in [0.2, 0.25) is 5.02 Å². The number of hydrogen-bond acceptors (Lipinski definition) is 3. The fourth-order valence-corrected chi connectivity index (χ4v) is 3.42. The number of rotatable bonds is 6. The van der Waals surface area contributed by atoms with Gasteiger partial charge < -0.3 is 33.8 Å². The highest BCUT2D eigenvalue weighted by Gasteiger charge is 2.11. The SMILES string of the molecule is C[N+](C)(C)CCNc1nc(/C=C/c2ccc(Cl)cc2)nc2cc3ccccc3cc12.[I-]. The summed E-state index contributed by atoms with van der Waals surface area (Å²) in [7, 11) is 6.56. The van der Waals surface area contributed by atoms with E-state index in [2.05, 4.69) is 62.9 Å². The first kappa shape index (κ1) is 23.4. The van der Waals surface area contributed by atoms with Crippen molar-refractivity contribution < 1.29 is 28.5 Å². The van der Waals surface area contributed by atoms with Crippen molar-refractivity contribution in [3.05, 3.63) is 77.1 Å². The number of halogens is 2. The number of nitrogens with one attached hydrogen (secondary N) is 1. The molecule has 0 bridgehead atoms. The van der Waals surface area contributed by atoms with E-state index in [1.54, 1.807) is 0 Å². The first-order valence-corrected chi connectivity index (χ1v) is 10.4. The predicted octanol–water partition coefficient (Wildman–Crippen LogP) is 2.73. The standard InChI is InChI=1S/C25H26ClN4.HI/c1-30(2,3)15-14-27-25-22-16-19-6-4-5-7-20(19)17-23(22)28-24(29-25)13-10-18-8-11-21(26)12-9-18;/h4-13,16-17H,14-15H2,1-3H3,(H,27,28,29);1H/q+1;/p-1/b13-10+;. The van der Waals surface area contributed by atoms with Crippen LogP contribution in [0.5, 0.6) is 0 Å². The molecule has 3 aromatic carbocycles. The van der Waals surface area contributed by atoms with Gasteiger partial charge in [-0.25, -0.2) is 9.97 Å². The van der Waals surface area contributed by atoms with Gasteiger partial charge in [0.25, 0.3) is 0 Å². The van der Waals surface area contributed by atoms with E-state index >= 15 is 0 Å². The molecule has 4 nitrogen and oxygen atoms in total. The van der Waals surface area contributed by atoms with Gasteiger partial charge in [-0.3, -0.25) is 0 Å². The van der Waals surface area contributed by atoms with Gasteiger partial charge in [0.2, 0.25) is 0 Å². The largest absolute Gasteiger partial charge is 1.00 e. The van der Waals surface area contributed by atoms with Gasteiger partial charge in [-0.05, 0) is 46.7 Å².